The molecule has 27 heavy (non-hydrogen) atoms. The van der Waals surface area contributed by atoms with Gasteiger partial charge in [0.05, 0.1) is 6.54 Å². The highest BCUT2D eigenvalue weighted by atomic mass is 16.5. The summed E-state index contributed by atoms with van der Waals surface area (Å²) in [4.78, 5) is 14.4. The van der Waals surface area contributed by atoms with Gasteiger partial charge < -0.3 is 19.4 Å². The minimum absolute atomic E-state index is 0.142. The van der Waals surface area contributed by atoms with E-state index in [9.17, 15) is 4.79 Å². The quantitative estimate of drug-likeness (QED) is 0.697. The molecule has 1 fully saturated rings. The van der Waals surface area contributed by atoms with Crippen molar-refractivity contribution < 1.29 is 13.9 Å². The minimum Gasteiger partial charge on any atom is -0.462 e. The zero-order valence-electron chi connectivity index (χ0n) is 15.5. The van der Waals surface area contributed by atoms with Crippen molar-refractivity contribution in [3.63, 3.8) is 0 Å². The van der Waals surface area contributed by atoms with Crippen LogP contribution in [-0.2, 0) is 29.2 Å². The van der Waals surface area contributed by atoms with Crippen molar-refractivity contribution in [1.29, 1.82) is 0 Å². The second-order valence-corrected chi connectivity index (χ2v) is 7.00. The van der Waals surface area contributed by atoms with E-state index in [1.54, 1.807) is 7.11 Å². The molecule has 4 rings (SSSR count). The second-order valence-electron chi connectivity index (χ2n) is 7.00. The van der Waals surface area contributed by atoms with Gasteiger partial charge in [0.15, 0.2) is 0 Å². The summed E-state index contributed by atoms with van der Waals surface area (Å²) in [6.07, 6.45) is 0.524. The molecule has 1 aliphatic rings. The van der Waals surface area contributed by atoms with E-state index in [4.69, 9.17) is 9.15 Å². The third-order valence-electron chi connectivity index (χ3n) is 5.02. The number of carbonyl (C=O) groups is 1. The van der Waals surface area contributed by atoms with E-state index in [1.807, 2.05) is 29.2 Å². The molecule has 1 N–H and O–H groups in total. The van der Waals surface area contributed by atoms with E-state index in [2.05, 4.69) is 35.6 Å². The molecule has 0 spiro atoms. The Hall–Kier alpha value is -2.63. The second kappa shape index (κ2) is 7.94. The number of carbonyl (C=O) groups excluding carboxylic acids is 1. The number of rotatable bonds is 7. The van der Waals surface area contributed by atoms with E-state index in [0.717, 1.165) is 11.5 Å². The number of ether oxygens (including phenoxy) is 1. The van der Waals surface area contributed by atoms with E-state index < -0.39 is 0 Å². The number of hydrogen-bond acceptors (Lipinski definition) is 4. The molecular formula is C22H24N2O3. The molecule has 2 heterocycles. The molecule has 1 atom stereocenters. The lowest BCUT2D eigenvalue weighted by atomic mass is 10.0. The summed E-state index contributed by atoms with van der Waals surface area (Å²) in [7, 11) is 1.65. The summed E-state index contributed by atoms with van der Waals surface area (Å²) < 4.78 is 10.8. The van der Waals surface area contributed by atoms with Crippen LogP contribution in [0, 0.1) is 0 Å². The molecule has 1 unspecified atom stereocenters. The van der Waals surface area contributed by atoms with Crippen molar-refractivity contribution in [3.05, 3.63) is 71.7 Å². The van der Waals surface area contributed by atoms with Crippen molar-refractivity contribution in [2.45, 2.75) is 32.2 Å². The molecule has 0 aliphatic carbocycles. The largest absolute Gasteiger partial charge is 0.462 e. The fourth-order valence-corrected chi connectivity index (χ4v) is 3.68. The number of furan rings is 1. The molecule has 0 radical (unpaired) electrons. The first-order valence-electron chi connectivity index (χ1n) is 9.27. The Bertz CT molecular complexity index is 929. The van der Waals surface area contributed by atoms with Gasteiger partial charge in [-0.05, 0) is 28.5 Å². The molecule has 1 saturated heterocycles. The van der Waals surface area contributed by atoms with Crippen LogP contribution in [0.15, 0.2) is 59.0 Å². The smallest absolute Gasteiger partial charge is 0.224 e. The van der Waals surface area contributed by atoms with Gasteiger partial charge in [-0.15, -0.1) is 0 Å². The Morgan fingerprint density at radius 3 is 2.81 bits per heavy atom. The summed E-state index contributed by atoms with van der Waals surface area (Å²) in [5, 5.41) is 5.86. The number of likely N-dealkylation sites (tertiary alicyclic amines) is 1. The Morgan fingerprint density at radius 2 is 1.93 bits per heavy atom. The zero-order chi connectivity index (χ0) is 18.6. The topological polar surface area (TPSA) is 54.7 Å². The Morgan fingerprint density at radius 1 is 1.11 bits per heavy atom. The van der Waals surface area contributed by atoms with Gasteiger partial charge in [-0.1, -0.05) is 42.5 Å². The fourth-order valence-electron chi connectivity index (χ4n) is 3.68. The third kappa shape index (κ3) is 4.04. The zero-order valence-corrected chi connectivity index (χ0v) is 15.5. The highest BCUT2D eigenvalue weighted by molar-refractivity contribution is 5.86. The average molecular weight is 364 g/mol. The van der Waals surface area contributed by atoms with Gasteiger partial charge >= 0.3 is 0 Å². The van der Waals surface area contributed by atoms with Crippen molar-refractivity contribution in [1.82, 2.24) is 10.2 Å². The van der Waals surface area contributed by atoms with Gasteiger partial charge in [0.1, 0.15) is 18.1 Å². The van der Waals surface area contributed by atoms with E-state index in [1.165, 1.54) is 16.3 Å². The number of fused-ring (bicyclic) bond motifs is 1. The predicted octanol–water partition coefficient (Wildman–Crippen LogP) is 3.47. The number of benzene rings is 2. The molecule has 140 valence electrons. The minimum atomic E-state index is 0.142. The monoisotopic (exact) mass is 364 g/mol. The predicted molar refractivity (Wildman–Crippen MR) is 104 cm³/mol. The van der Waals surface area contributed by atoms with E-state index in [0.29, 0.717) is 32.7 Å². The third-order valence-corrected chi connectivity index (χ3v) is 5.02. The lowest BCUT2D eigenvalue weighted by Crippen LogP contribution is -2.32. The molecule has 0 saturated carbocycles. The average Bonchev–Trinajstić information content (AvgIpc) is 3.27. The van der Waals surface area contributed by atoms with Crippen LogP contribution in [0.5, 0.6) is 0 Å². The van der Waals surface area contributed by atoms with Crippen LogP contribution in [0.1, 0.15) is 23.5 Å². The summed E-state index contributed by atoms with van der Waals surface area (Å²) in [5.41, 5.74) is 1.19. The van der Waals surface area contributed by atoms with Gasteiger partial charge in [-0.2, -0.15) is 0 Å². The molecule has 5 nitrogen and oxygen atoms in total. The van der Waals surface area contributed by atoms with Crippen LogP contribution in [0.3, 0.4) is 0 Å². The van der Waals surface area contributed by atoms with Crippen molar-refractivity contribution >= 4 is 16.7 Å². The molecular weight excluding hydrogens is 340 g/mol. The van der Waals surface area contributed by atoms with Crippen molar-refractivity contribution in [2.75, 3.05) is 13.7 Å². The van der Waals surface area contributed by atoms with Crippen molar-refractivity contribution in [2.24, 2.45) is 0 Å². The molecule has 1 aliphatic heterocycles. The number of methoxy groups -OCH3 is 1. The number of nitrogens with one attached hydrogen (secondary N) is 1. The van der Waals surface area contributed by atoms with Gasteiger partial charge in [0.2, 0.25) is 5.91 Å². The SMILES string of the molecule is COCc1ccc(CNC2CC(=O)N(Cc3cccc4ccccc34)C2)o1. The number of hydrogen-bond donors (Lipinski definition) is 1. The van der Waals surface area contributed by atoms with Crippen LogP contribution in [0.4, 0.5) is 0 Å². The Balaban J connectivity index is 1.37. The fraction of sp³-hybridized carbons (Fsp3) is 0.318. The van der Waals surface area contributed by atoms with Gasteiger partial charge in [0.25, 0.3) is 0 Å². The highest BCUT2D eigenvalue weighted by Crippen LogP contribution is 2.22. The lowest BCUT2D eigenvalue weighted by Gasteiger charge is -2.18. The maximum Gasteiger partial charge on any atom is 0.224 e. The first kappa shape index (κ1) is 17.8. The molecule has 2 aromatic carbocycles. The standard InChI is InChI=1S/C22H24N2O3/c1-26-15-20-10-9-19(27-20)12-23-18-11-22(25)24(14-18)13-17-7-4-6-16-5-2-3-8-21(16)17/h2-10,18,23H,11-15H2,1H3. The Labute approximate surface area is 158 Å². The van der Waals surface area contributed by atoms with Crippen molar-refractivity contribution in [3.8, 4) is 0 Å². The highest BCUT2D eigenvalue weighted by Gasteiger charge is 2.29. The summed E-state index contributed by atoms with van der Waals surface area (Å²) in [6.45, 7) is 2.45. The van der Waals surface area contributed by atoms with Crippen LogP contribution < -0.4 is 5.32 Å². The first-order valence-corrected chi connectivity index (χ1v) is 9.27. The summed E-state index contributed by atoms with van der Waals surface area (Å²) >= 11 is 0. The normalized spacial score (nSPS) is 17.1. The molecule has 0 bridgehead atoms. The summed E-state index contributed by atoms with van der Waals surface area (Å²) in [5.74, 6) is 1.87. The lowest BCUT2D eigenvalue weighted by molar-refractivity contribution is -0.128. The molecule has 3 aromatic rings. The number of nitrogens with zero attached hydrogens (tertiary/aromatic N) is 1. The number of amides is 1. The van der Waals surface area contributed by atoms with E-state index in [-0.39, 0.29) is 11.9 Å². The first-order chi connectivity index (χ1) is 13.2. The molecule has 5 heteroatoms. The van der Waals surface area contributed by atoms with Crippen LogP contribution in [0.25, 0.3) is 10.8 Å². The van der Waals surface area contributed by atoms with Crippen LogP contribution in [0.2, 0.25) is 0 Å². The van der Waals surface area contributed by atoms with Crippen LogP contribution >= 0.6 is 0 Å². The molecule has 1 amide bonds. The van der Waals surface area contributed by atoms with Crippen LogP contribution in [-0.4, -0.2) is 30.5 Å². The Kier molecular flexibility index (Phi) is 5.23. The van der Waals surface area contributed by atoms with E-state index >= 15 is 0 Å². The maximum absolute atomic E-state index is 12.5. The van der Waals surface area contributed by atoms with Gasteiger partial charge in [-0.25, -0.2) is 0 Å². The maximum atomic E-state index is 12.5. The summed E-state index contributed by atoms with van der Waals surface area (Å²) in [6, 6.07) is 18.6. The van der Waals surface area contributed by atoms with Gasteiger partial charge in [0, 0.05) is 32.7 Å². The molecule has 1 aromatic heterocycles. The van der Waals surface area contributed by atoms with Gasteiger partial charge in [-0.3, -0.25) is 4.79 Å².